The zero-order chi connectivity index (χ0) is 11.5. The first-order valence-corrected chi connectivity index (χ1v) is 4.46. The van der Waals surface area contributed by atoms with Crippen molar-refractivity contribution in [1.29, 1.82) is 0 Å². The van der Waals surface area contributed by atoms with Crippen molar-refractivity contribution in [3.05, 3.63) is 30.4 Å². The minimum Gasteiger partial charge on any atom is -0.480 e. The van der Waals surface area contributed by atoms with Gasteiger partial charge in [0.15, 0.2) is 0 Å². The molecule has 16 heavy (non-hydrogen) atoms. The topological polar surface area (TPSA) is 96.6 Å². The van der Waals surface area contributed by atoms with Gasteiger partial charge >= 0.3 is 5.97 Å². The Hall–Kier alpha value is -2.44. The molecule has 2 aromatic rings. The highest BCUT2D eigenvalue weighted by atomic mass is 16.4. The van der Waals surface area contributed by atoms with Crippen molar-refractivity contribution in [2.75, 3.05) is 6.54 Å². The SMILES string of the molecule is O=C(O)CNC(=O)c1cnn2ccncc12. The summed E-state index contributed by atoms with van der Waals surface area (Å²) in [6.07, 6.45) is 6.00. The van der Waals surface area contributed by atoms with Crippen LogP contribution in [0.15, 0.2) is 24.8 Å². The highest BCUT2D eigenvalue weighted by Gasteiger charge is 2.12. The first-order valence-electron chi connectivity index (χ1n) is 4.46. The molecule has 0 aliphatic rings. The Morgan fingerprint density at radius 1 is 1.44 bits per heavy atom. The number of carbonyl (C=O) groups is 2. The van der Waals surface area contributed by atoms with Crippen LogP contribution in [0.2, 0.25) is 0 Å². The van der Waals surface area contributed by atoms with Crippen LogP contribution in [0.1, 0.15) is 10.4 Å². The number of fused-ring (bicyclic) bond motifs is 1. The highest BCUT2D eigenvalue weighted by molar-refractivity contribution is 6.01. The summed E-state index contributed by atoms with van der Waals surface area (Å²) in [4.78, 5) is 25.7. The fourth-order valence-electron chi connectivity index (χ4n) is 1.26. The number of amides is 1. The summed E-state index contributed by atoms with van der Waals surface area (Å²) in [7, 11) is 0. The van der Waals surface area contributed by atoms with Crippen molar-refractivity contribution in [2.24, 2.45) is 0 Å². The molecule has 0 aliphatic carbocycles. The van der Waals surface area contributed by atoms with E-state index in [4.69, 9.17) is 5.11 Å². The predicted octanol–water partition coefficient (Wildman–Crippen LogP) is -0.456. The van der Waals surface area contributed by atoms with Crippen LogP contribution in [0.25, 0.3) is 5.52 Å². The minimum atomic E-state index is -1.09. The first-order chi connectivity index (χ1) is 7.68. The number of carbonyl (C=O) groups excluding carboxylic acids is 1. The summed E-state index contributed by atoms with van der Waals surface area (Å²) in [6, 6.07) is 0. The number of hydrogen-bond acceptors (Lipinski definition) is 4. The number of carboxylic acid groups (broad SMARTS) is 1. The Morgan fingerprint density at radius 3 is 3.00 bits per heavy atom. The molecule has 0 fully saturated rings. The molecule has 2 rings (SSSR count). The molecule has 0 radical (unpaired) electrons. The average molecular weight is 220 g/mol. The van der Waals surface area contributed by atoms with Gasteiger partial charge in [-0.3, -0.25) is 14.6 Å². The van der Waals surface area contributed by atoms with Crippen molar-refractivity contribution in [2.45, 2.75) is 0 Å². The van der Waals surface area contributed by atoms with Crippen LogP contribution < -0.4 is 5.32 Å². The van der Waals surface area contributed by atoms with E-state index in [2.05, 4.69) is 15.4 Å². The van der Waals surface area contributed by atoms with E-state index in [0.717, 1.165) is 0 Å². The molecule has 82 valence electrons. The number of nitrogens with zero attached hydrogens (tertiary/aromatic N) is 3. The molecule has 0 saturated carbocycles. The molecule has 2 N–H and O–H groups in total. The van der Waals surface area contributed by atoms with Crippen LogP contribution in [-0.4, -0.2) is 38.1 Å². The summed E-state index contributed by atoms with van der Waals surface area (Å²) < 4.78 is 1.49. The van der Waals surface area contributed by atoms with E-state index in [1.807, 2.05) is 0 Å². The summed E-state index contributed by atoms with van der Waals surface area (Å²) in [5, 5.41) is 14.6. The van der Waals surface area contributed by atoms with Crippen molar-refractivity contribution in [1.82, 2.24) is 19.9 Å². The quantitative estimate of drug-likeness (QED) is 0.729. The van der Waals surface area contributed by atoms with E-state index >= 15 is 0 Å². The molecular formula is C9H8N4O3. The molecule has 0 unspecified atom stereocenters. The monoisotopic (exact) mass is 220 g/mol. The third kappa shape index (κ3) is 1.83. The van der Waals surface area contributed by atoms with Crippen LogP contribution in [0.5, 0.6) is 0 Å². The molecule has 0 saturated heterocycles. The Balaban J connectivity index is 2.26. The average Bonchev–Trinajstić information content (AvgIpc) is 2.69. The van der Waals surface area contributed by atoms with Gasteiger partial charge < -0.3 is 10.4 Å². The molecule has 7 nitrogen and oxygen atoms in total. The fourth-order valence-corrected chi connectivity index (χ4v) is 1.26. The number of rotatable bonds is 3. The molecule has 0 aliphatic heterocycles. The van der Waals surface area contributed by atoms with Crippen molar-refractivity contribution in [3.8, 4) is 0 Å². The van der Waals surface area contributed by atoms with Gasteiger partial charge in [0, 0.05) is 12.4 Å². The van der Waals surface area contributed by atoms with Crippen molar-refractivity contribution < 1.29 is 14.7 Å². The zero-order valence-corrected chi connectivity index (χ0v) is 8.12. The third-order valence-electron chi connectivity index (χ3n) is 1.97. The molecule has 0 spiro atoms. The normalized spacial score (nSPS) is 10.2. The predicted molar refractivity (Wildman–Crippen MR) is 53.0 cm³/mol. The molecule has 0 atom stereocenters. The van der Waals surface area contributed by atoms with Gasteiger partial charge in [-0.1, -0.05) is 0 Å². The lowest BCUT2D eigenvalue weighted by Gasteiger charge is -1.99. The van der Waals surface area contributed by atoms with Gasteiger partial charge in [-0.2, -0.15) is 5.10 Å². The zero-order valence-electron chi connectivity index (χ0n) is 8.12. The highest BCUT2D eigenvalue weighted by Crippen LogP contribution is 2.07. The molecule has 0 bridgehead atoms. The Kier molecular flexibility index (Phi) is 2.50. The van der Waals surface area contributed by atoms with Crippen molar-refractivity contribution in [3.63, 3.8) is 0 Å². The summed E-state index contributed by atoms with van der Waals surface area (Å²) in [6.45, 7) is -0.420. The number of aliphatic carboxylic acids is 1. The lowest BCUT2D eigenvalue weighted by Crippen LogP contribution is -2.29. The van der Waals surface area contributed by atoms with Crippen LogP contribution >= 0.6 is 0 Å². The van der Waals surface area contributed by atoms with Gasteiger partial charge in [0.1, 0.15) is 6.54 Å². The van der Waals surface area contributed by atoms with Gasteiger partial charge in [-0.15, -0.1) is 0 Å². The standard InChI is InChI=1S/C9H8N4O3/c14-8(15)5-11-9(16)6-3-12-13-2-1-10-4-7(6)13/h1-4H,5H2,(H,11,16)(H,14,15). The van der Waals surface area contributed by atoms with Crippen molar-refractivity contribution >= 4 is 17.4 Å². The maximum atomic E-state index is 11.6. The molecule has 2 heterocycles. The maximum absolute atomic E-state index is 11.6. The molecule has 2 aromatic heterocycles. The Bertz CT molecular complexity index is 548. The molecule has 7 heteroatoms. The maximum Gasteiger partial charge on any atom is 0.322 e. The fraction of sp³-hybridized carbons (Fsp3) is 0.111. The van der Waals surface area contributed by atoms with Gasteiger partial charge in [-0.25, -0.2) is 4.52 Å². The number of carboxylic acids is 1. The van der Waals surface area contributed by atoms with Crippen LogP contribution in [-0.2, 0) is 4.79 Å². The van der Waals surface area contributed by atoms with E-state index in [0.29, 0.717) is 11.1 Å². The molecule has 0 aromatic carbocycles. The van der Waals surface area contributed by atoms with Gasteiger partial charge in [-0.05, 0) is 0 Å². The Morgan fingerprint density at radius 2 is 2.25 bits per heavy atom. The van der Waals surface area contributed by atoms with E-state index < -0.39 is 18.4 Å². The summed E-state index contributed by atoms with van der Waals surface area (Å²) >= 11 is 0. The summed E-state index contributed by atoms with van der Waals surface area (Å²) in [5.41, 5.74) is 0.833. The number of aromatic nitrogens is 3. The second kappa shape index (κ2) is 3.97. The number of nitrogens with one attached hydrogen (secondary N) is 1. The second-order valence-electron chi connectivity index (χ2n) is 3.04. The second-order valence-corrected chi connectivity index (χ2v) is 3.04. The third-order valence-corrected chi connectivity index (χ3v) is 1.97. The van der Waals surface area contributed by atoms with E-state index in [1.165, 1.54) is 16.9 Å². The lowest BCUT2D eigenvalue weighted by molar-refractivity contribution is -0.135. The first kappa shape index (κ1) is 10.1. The smallest absolute Gasteiger partial charge is 0.322 e. The molecule has 1 amide bonds. The number of hydrogen-bond donors (Lipinski definition) is 2. The Labute approximate surface area is 89.7 Å². The van der Waals surface area contributed by atoms with E-state index in [1.54, 1.807) is 12.4 Å². The van der Waals surface area contributed by atoms with Gasteiger partial charge in [0.25, 0.3) is 5.91 Å². The largest absolute Gasteiger partial charge is 0.480 e. The molecular weight excluding hydrogens is 212 g/mol. The van der Waals surface area contributed by atoms with Gasteiger partial charge in [0.2, 0.25) is 0 Å². The lowest BCUT2D eigenvalue weighted by atomic mass is 10.3. The summed E-state index contributed by atoms with van der Waals surface area (Å²) in [5.74, 6) is -1.58. The van der Waals surface area contributed by atoms with E-state index in [-0.39, 0.29) is 0 Å². The van der Waals surface area contributed by atoms with Gasteiger partial charge in [0.05, 0.1) is 23.5 Å². The van der Waals surface area contributed by atoms with Crippen LogP contribution in [0.4, 0.5) is 0 Å². The minimum absolute atomic E-state index is 0.300. The van der Waals surface area contributed by atoms with E-state index in [9.17, 15) is 9.59 Å². The van der Waals surface area contributed by atoms with Crippen LogP contribution in [0, 0.1) is 0 Å². The van der Waals surface area contributed by atoms with Crippen LogP contribution in [0.3, 0.4) is 0 Å².